The lowest BCUT2D eigenvalue weighted by atomic mass is 9.79. The van der Waals surface area contributed by atoms with Crippen LogP contribution in [0.2, 0.25) is 0 Å². The van der Waals surface area contributed by atoms with Gasteiger partial charge in [-0.05, 0) is 36.9 Å². The summed E-state index contributed by atoms with van der Waals surface area (Å²) in [5.41, 5.74) is 0. The molecule has 1 heteroatoms. The van der Waals surface area contributed by atoms with E-state index in [1.165, 1.54) is 44.9 Å². The van der Waals surface area contributed by atoms with Gasteiger partial charge in [-0.2, -0.15) is 11.8 Å². The maximum Gasteiger partial charge on any atom is 0.00495 e. The van der Waals surface area contributed by atoms with E-state index in [1.54, 1.807) is 12.8 Å². The van der Waals surface area contributed by atoms with Crippen molar-refractivity contribution in [2.45, 2.75) is 70.0 Å². The van der Waals surface area contributed by atoms with Crippen LogP contribution in [0.4, 0.5) is 0 Å². The SMILES string of the molecule is CSC1CC(C2CCCC2)CCC[C@@H](C)C1. The Balaban J connectivity index is 1.91. The molecule has 94 valence electrons. The predicted octanol–water partition coefficient (Wildman–Crippen LogP) is 5.12. The van der Waals surface area contributed by atoms with Crippen LogP contribution in [0.5, 0.6) is 0 Å². The Morgan fingerprint density at radius 1 is 0.812 bits per heavy atom. The van der Waals surface area contributed by atoms with Gasteiger partial charge in [0.2, 0.25) is 0 Å². The number of thioether (sulfide) groups is 1. The fourth-order valence-corrected chi connectivity index (χ4v) is 4.86. The van der Waals surface area contributed by atoms with Gasteiger partial charge in [0.15, 0.2) is 0 Å². The zero-order valence-electron chi connectivity index (χ0n) is 11.1. The summed E-state index contributed by atoms with van der Waals surface area (Å²) < 4.78 is 0. The molecule has 0 N–H and O–H groups in total. The summed E-state index contributed by atoms with van der Waals surface area (Å²) in [4.78, 5) is 0. The quantitative estimate of drug-likeness (QED) is 0.645. The molecule has 0 aliphatic heterocycles. The zero-order valence-corrected chi connectivity index (χ0v) is 11.9. The van der Waals surface area contributed by atoms with Crippen LogP contribution in [0.15, 0.2) is 0 Å². The second-order valence-corrected chi connectivity index (χ2v) is 7.31. The Morgan fingerprint density at radius 2 is 1.50 bits per heavy atom. The fraction of sp³-hybridized carbons (Fsp3) is 1.00. The Bertz CT molecular complexity index is 196. The molecule has 2 aliphatic rings. The maximum atomic E-state index is 2.46. The van der Waals surface area contributed by atoms with Crippen molar-refractivity contribution in [2.75, 3.05) is 6.26 Å². The van der Waals surface area contributed by atoms with E-state index in [-0.39, 0.29) is 0 Å². The molecule has 0 spiro atoms. The van der Waals surface area contributed by atoms with E-state index in [0.717, 1.165) is 23.0 Å². The highest BCUT2D eigenvalue weighted by molar-refractivity contribution is 7.99. The number of rotatable bonds is 2. The van der Waals surface area contributed by atoms with E-state index in [1.807, 2.05) is 0 Å². The monoisotopic (exact) mass is 240 g/mol. The summed E-state index contributed by atoms with van der Waals surface area (Å²) in [5.74, 6) is 3.15. The van der Waals surface area contributed by atoms with Crippen molar-refractivity contribution in [3.05, 3.63) is 0 Å². The molecular formula is C15H28S. The summed E-state index contributed by atoms with van der Waals surface area (Å²) in [6.07, 6.45) is 16.0. The molecule has 0 radical (unpaired) electrons. The van der Waals surface area contributed by atoms with Crippen LogP contribution >= 0.6 is 11.8 Å². The molecule has 2 fully saturated rings. The second kappa shape index (κ2) is 6.33. The highest BCUT2D eigenvalue weighted by Crippen LogP contribution is 2.40. The Labute approximate surface area is 106 Å². The molecule has 0 amide bonds. The molecule has 0 aromatic rings. The van der Waals surface area contributed by atoms with E-state index in [4.69, 9.17) is 0 Å². The average Bonchev–Trinajstić information content (AvgIpc) is 2.76. The van der Waals surface area contributed by atoms with E-state index < -0.39 is 0 Å². The topological polar surface area (TPSA) is 0 Å². The largest absolute Gasteiger partial charge is 0.162 e. The lowest BCUT2D eigenvalue weighted by Crippen LogP contribution is -2.22. The third-order valence-corrected chi connectivity index (χ3v) is 5.95. The maximum absolute atomic E-state index is 2.46. The first kappa shape index (κ1) is 12.8. The summed E-state index contributed by atoms with van der Waals surface area (Å²) in [6.45, 7) is 2.46. The molecule has 2 rings (SSSR count). The summed E-state index contributed by atoms with van der Waals surface area (Å²) >= 11 is 2.13. The Hall–Kier alpha value is 0.350. The van der Waals surface area contributed by atoms with Gasteiger partial charge in [-0.1, -0.05) is 51.9 Å². The summed E-state index contributed by atoms with van der Waals surface area (Å²) in [5, 5.41) is 0.959. The molecular weight excluding hydrogens is 212 g/mol. The molecule has 0 aromatic carbocycles. The summed E-state index contributed by atoms with van der Waals surface area (Å²) in [6, 6.07) is 0. The molecule has 0 nitrogen and oxygen atoms in total. The molecule has 3 atom stereocenters. The van der Waals surface area contributed by atoms with E-state index in [2.05, 4.69) is 24.9 Å². The van der Waals surface area contributed by atoms with E-state index in [0.29, 0.717) is 0 Å². The molecule has 0 saturated heterocycles. The molecule has 2 unspecified atom stereocenters. The second-order valence-electron chi connectivity index (χ2n) is 6.17. The minimum Gasteiger partial charge on any atom is -0.162 e. The highest BCUT2D eigenvalue weighted by Gasteiger charge is 2.29. The third-order valence-electron chi connectivity index (χ3n) is 4.90. The standard InChI is InChI=1S/C15H28S/c1-12-6-5-9-14(11-15(10-12)16-2)13-7-3-4-8-13/h12-15H,3-11H2,1-2H3/t12-,14?,15?/m1/s1. The van der Waals surface area contributed by atoms with Crippen molar-refractivity contribution >= 4 is 11.8 Å². The third kappa shape index (κ3) is 3.42. The zero-order chi connectivity index (χ0) is 11.4. The van der Waals surface area contributed by atoms with Gasteiger partial charge < -0.3 is 0 Å². The van der Waals surface area contributed by atoms with Gasteiger partial charge in [-0.25, -0.2) is 0 Å². The first-order valence-electron chi connectivity index (χ1n) is 7.32. The van der Waals surface area contributed by atoms with Gasteiger partial charge in [-0.15, -0.1) is 0 Å². The van der Waals surface area contributed by atoms with Crippen LogP contribution < -0.4 is 0 Å². The average molecular weight is 240 g/mol. The molecule has 0 heterocycles. The van der Waals surface area contributed by atoms with Crippen LogP contribution in [0.1, 0.15) is 64.7 Å². The first-order valence-corrected chi connectivity index (χ1v) is 8.61. The first-order chi connectivity index (χ1) is 7.79. The van der Waals surface area contributed by atoms with Crippen molar-refractivity contribution in [3.8, 4) is 0 Å². The van der Waals surface area contributed by atoms with Gasteiger partial charge >= 0.3 is 0 Å². The van der Waals surface area contributed by atoms with Crippen molar-refractivity contribution in [3.63, 3.8) is 0 Å². The van der Waals surface area contributed by atoms with Gasteiger partial charge in [0.05, 0.1) is 0 Å². The molecule has 16 heavy (non-hydrogen) atoms. The van der Waals surface area contributed by atoms with Crippen molar-refractivity contribution in [2.24, 2.45) is 17.8 Å². The van der Waals surface area contributed by atoms with Gasteiger partial charge in [0.25, 0.3) is 0 Å². The Morgan fingerprint density at radius 3 is 2.19 bits per heavy atom. The fourth-order valence-electron chi connectivity index (χ4n) is 3.90. The van der Waals surface area contributed by atoms with Crippen LogP contribution in [-0.2, 0) is 0 Å². The van der Waals surface area contributed by atoms with Gasteiger partial charge in [0, 0.05) is 5.25 Å². The van der Waals surface area contributed by atoms with Crippen LogP contribution in [0.3, 0.4) is 0 Å². The highest BCUT2D eigenvalue weighted by atomic mass is 32.2. The van der Waals surface area contributed by atoms with Crippen molar-refractivity contribution in [1.82, 2.24) is 0 Å². The lowest BCUT2D eigenvalue weighted by Gasteiger charge is -2.31. The minimum atomic E-state index is 0.959. The molecule has 0 aromatic heterocycles. The van der Waals surface area contributed by atoms with E-state index in [9.17, 15) is 0 Å². The van der Waals surface area contributed by atoms with E-state index >= 15 is 0 Å². The van der Waals surface area contributed by atoms with Crippen molar-refractivity contribution < 1.29 is 0 Å². The predicted molar refractivity (Wildman–Crippen MR) is 75.0 cm³/mol. The normalized spacial score (nSPS) is 38.2. The van der Waals surface area contributed by atoms with Crippen molar-refractivity contribution in [1.29, 1.82) is 0 Å². The Kier molecular flexibility index (Phi) is 5.06. The van der Waals surface area contributed by atoms with Gasteiger partial charge in [-0.3, -0.25) is 0 Å². The molecule has 2 aliphatic carbocycles. The molecule has 0 bridgehead atoms. The summed E-state index contributed by atoms with van der Waals surface area (Å²) in [7, 11) is 0. The van der Waals surface area contributed by atoms with Crippen LogP contribution in [0, 0.1) is 17.8 Å². The smallest absolute Gasteiger partial charge is 0.00495 e. The minimum absolute atomic E-state index is 0.959. The van der Waals surface area contributed by atoms with Gasteiger partial charge in [0.1, 0.15) is 0 Å². The lowest BCUT2D eigenvalue weighted by molar-refractivity contribution is 0.254. The van der Waals surface area contributed by atoms with Crippen LogP contribution in [0.25, 0.3) is 0 Å². The number of hydrogen-bond donors (Lipinski definition) is 0. The molecule has 2 saturated carbocycles. The number of hydrogen-bond acceptors (Lipinski definition) is 1. The van der Waals surface area contributed by atoms with Crippen LogP contribution in [-0.4, -0.2) is 11.5 Å².